The molecule has 90 valence electrons. The van der Waals surface area contributed by atoms with Crippen molar-refractivity contribution in [2.24, 2.45) is 0 Å². The van der Waals surface area contributed by atoms with Crippen LogP contribution in [0.25, 0.3) is 11.0 Å². The number of rotatable bonds is 2. The average Bonchev–Trinajstić information content (AvgIpc) is 2.95. The van der Waals surface area contributed by atoms with Crippen molar-refractivity contribution in [1.82, 2.24) is 8.75 Å². The van der Waals surface area contributed by atoms with Crippen molar-refractivity contribution in [1.29, 1.82) is 0 Å². The lowest BCUT2D eigenvalue weighted by Crippen LogP contribution is -2.15. The number of benzene rings is 1. The predicted octanol–water partition coefficient (Wildman–Crippen LogP) is 4.35. The summed E-state index contributed by atoms with van der Waals surface area (Å²) in [6.07, 6.45) is 4.94. The van der Waals surface area contributed by atoms with E-state index in [-0.39, 0.29) is 0 Å². The third-order valence-corrected chi connectivity index (χ3v) is 4.26. The molecule has 0 aliphatic heterocycles. The van der Waals surface area contributed by atoms with Crippen LogP contribution >= 0.6 is 34.9 Å². The molecule has 3 rings (SSSR count). The van der Waals surface area contributed by atoms with Crippen LogP contribution in [0.4, 0.5) is 5.69 Å². The molecule has 0 bridgehead atoms. The molecule has 0 unspecified atom stereocenters. The number of fused-ring (bicyclic) bond motifs is 1. The van der Waals surface area contributed by atoms with Gasteiger partial charge in [-0.15, -0.1) is 0 Å². The lowest BCUT2D eigenvalue weighted by Gasteiger charge is -2.15. The van der Waals surface area contributed by atoms with E-state index in [2.05, 4.69) is 14.1 Å². The van der Waals surface area contributed by atoms with Crippen molar-refractivity contribution in [2.75, 3.05) is 5.32 Å². The van der Waals surface area contributed by atoms with Gasteiger partial charge in [0.2, 0.25) is 0 Å². The van der Waals surface area contributed by atoms with Crippen molar-refractivity contribution in [3.63, 3.8) is 0 Å². The number of halogens is 2. The van der Waals surface area contributed by atoms with Crippen LogP contribution in [-0.4, -0.2) is 14.8 Å². The van der Waals surface area contributed by atoms with Crippen molar-refractivity contribution in [3.8, 4) is 0 Å². The maximum Gasteiger partial charge on any atom is 0.130 e. The Balaban J connectivity index is 2.04. The Morgan fingerprint density at radius 1 is 1.12 bits per heavy atom. The molecule has 0 spiro atoms. The number of hydrogen-bond acceptors (Lipinski definition) is 4. The van der Waals surface area contributed by atoms with E-state index in [4.69, 9.17) is 23.2 Å². The monoisotopic (exact) mass is 287 g/mol. The highest BCUT2D eigenvalue weighted by Gasteiger charge is 2.19. The molecular formula is C11H11Cl2N3S. The van der Waals surface area contributed by atoms with E-state index in [1.807, 2.05) is 0 Å². The van der Waals surface area contributed by atoms with Gasteiger partial charge in [0.05, 0.1) is 27.5 Å². The molecule has 0 amide bonds. The molecule has 1 aromatic heterocycles. The minimum atomic E-state index is 0.499. The van der Waals surface area contributed by atoms with Crippen LogP contribution in [0, 0.1) is 0 Å². The van der Waals surface area contributed by atoms with Crippen molar-refractivity contribution in [3.05, 3.63) is 16.1 Å². The summed E-state index contributed by atoms with van der Waals surface area (Å²) in [4.78, 5) is 0. The third-order valence-electron chi connectivity index (χ3n) is 3.15. The lowest BCUT2D eigenvalue weighted by molar-refractivity contribution is 0.756. The zero-order valence-corrected chi connectivity index (χ0v) is 11.4. The third kappa shape index (κ3) is 2.09. The lowest BCUT2D eigenvalue weighted by atomic mass is 10.2. The second-order valence-corrected chi connectivity index (χ2v) is 5.65. The first kappa shape index (κ1) is 11.5. The molecule has 6 heteroatoms. The maximum atomic E-state index is 6.23. The second kappa shape index (κ2) is 4.59. The van der Waals surface area contributed by atoms with Gasteiger partial charge in [0.1, 0.15) is 11.0 Å². The van der Waals surface area contributed by atoms with Gasteiger partial charge in [0.15, 0.2) is 0 Å². The Morgan fingerprint density at radius 2 is 1.82 bits per heavy atom. The quantitative estimate of drug-likeness (QED) is 0.892. The highest BCUT2D eigenvalue weighted by atomic mass is 35.5. The summed E-state index contributed by atoms with van der Waals surface area (Å²) in [5, 5.41) is 4.67. The van der Waals surface area contributed by atoms with Crippen LogP contribution in [0.1, 0.15) is 25.7 Å². The van der Waals surface area contributed by atoms with Crippen LogP contribution in [0.3, 0.4) is 0 Å². The standard InChI is InChI=1S/C11H11Cl2N3S/c12-7-5-8(13)10-11(16-17-15-10)9(7)14-6-3-1-2-4-6/h5-6,14H,1-4H2. The molecule has 0 saturated heterocycles. The number of hydrogen-bond donors (Lipinski definition) is 1. The molecule has 1 aromatic carbocycles. The fraction of sp³-hybridized carbons (Fsp3) is 0.455. The number of nitrogens with zero attached hydrogens (tertiary/aromatic N) is 2. The van der Waals surface area contributed by atoms with Gasteiger partial charge in [0, 0.05) is 6.04 Å². The molecule has 1 saturated carbocycles. The largest absolute Gasteiger partial charge is 0.379 e. The summed E-state index contributed by atoms with van der Waals surface area (Å²) >= 11 is 13.5. The molecule has 1 aliphatic carbocycles. The Morgan fingerprint density at radius 3 is 2.59 bits per heavy atom. The van der Waals surface area contributed by atoms with Crippen LogP contribution in [0.15, 0.2) is 6.07 Å². The van der Waals surface area contributed by atoms with E-state index < -0.39 is 0 Å². The van der Waals surface area contributed by atoms with Crippen LogP contribution in [0.2, 0.25) is 10.0 Å². The van der Waals surface area contributed by atoms with E-state index >= 15 is 0 Å². The topological polar surface area (TPSA) is 37.8 Å². The van der Waals surface area contributed by atoms with E-state index in [9.17, 15) is 0 Å². The summed E-state index contributed by atoms with van der Waals surface area (Å²) < 4.78 is 8.48. The molecule has 0 atom stereocenters. The van der Waals surface area contributed by atoms with E-state index in [1.54, 1.807) is 6.07 Å². The summed E-state index contributed by atoms with van der Waals surface area (Å²) in [5.41, 5.74) is 2.41. The normalized spacial score (nSPS) is 16.8. The average molecular weight is 288 g/mol. The molecule has 1 aliphatic rings. The van der Waals surface area contributed by atoms with E-state index in [0.29, 0.717) is 16.1 Å². The minimum Gasteiger partial charge on any atom is -0.379 e. The highest BCUT2D eigenvalue weighted by Crippen LogP contribution is 2.36. The molecule has 1 heterocycles. The van der Waals surface area contributed by atoms with Crippen molar-refractivity contribution >= 4 is 51.7 Å². The number of aromatic nitrogens is 2. The summed E-state index contributed by atoms with van der Waals surface area (Å²) in [7, 11) is 0. The Hall–Kier alpha value is -0.580. The van der Waals surface area contributed by atoms with Gasteiger partial charge < -0.3 is 5.32 Å². The molecule has 0 radical (unpaired) electrons. The van der Waals surface area contributed by atoms with Crippen molar-refractivity contribution in [2.45, 2.75) is 31.7 Å². The fourth-order valence-electron chi connectivity index (χ4n) is 2.29. The van der Waals surface area contributed by atoms with Crippen molar-refractivity contribution < 1.29 is 0 Å². The molecule has 17 heavy (non-hydrogen) atoms. The summed E-state index contributed by atoms with van der Waals surface area (Å²) in [6, 6.07) is 2.24. The minimum absolute atomic E-state index is 0.499. The predicted molar refractivity (Wildman–Crippen MR) is 73.3 cm³/mol. The zero-order chi connectivity index (χ0) is 11.8. The number of anilines is 1. The SMILES string of the molecule is Clc1cc(Cl)c2nsnc2c1NC1CCCC1. The van der Waals surface area contributed by atoms with Crippen LogP contribution in [0.5, 0.6) is 0 Å². The van der Waals surface area contributed by atoms with Gasteiger partial charge in [-0.2, -0.15) is 8.75 Å². The number of nitrogens with one attached hydrogen (secondary N) is 1. The Labute approximate surface area is 113 Å². The van der Waals surface area contributed by atoms with Gasteiger partial charge in [-0.05, 0) is 18.9 Å². The van der Waals surface area contributed by atoms with Gasteiger partial charge >= 0.3 is 0 Å². The molecule has 1 fully saturated rings. The smallest absolute Gasteiger partial charge is 0.130 e. The first-order valence-electron chi connectivity index (χ1n) is 5.62. The summed E-state index contributed by atoms with van der Waals surface area (Å²) in [5.74, 6) is 0. The second-order valence-electron chi connectivity index (χ2n) is 4.30. The van der Waals surface area contributed by atoms with E-state index in [0.717, 1.165) is 28.4 Å². The molecular weight excluding hydrogens is 277 g/mol. The Kier molecular flexibility index (Phi) is 3.11. The van der Waals surface area contributed by atoms with Crippen LogP contribution in [-0.2, 0) is 0 Å². The first-order chi connectivity index (χ1) is 8.25. The van der Waals surface area contributed by atoms with E-state index in [1.165, 1.54) is 25.7 Å². The highest BCUT2D eigenvalue weighted by molar-refractivity contribution is 7.00. The van der Waals surface area contributed by atoms with Gasteiger partial charge in [-0.1, -0.05) is 36.0 Å². The summed E-state index contributed by atoms with van der Waals surface area (Å²) in [6.45, 7) is 0. The van der Waals surface area contributed by atoms with Crippen LogP contribution < -0.4 is 5.32 Å². The maximum absolute atomic E-state index is 6.23. The zero-order valence-electron chi connectivity index (χ0n) is 9.04. The molecule has 1 N–H and O–H groups in total. The molecule has 3 nitrogen and oxygen atoms in total. The van der Waals surface area contributed by atoms with Gasteiger partial charge in [-0.25, -0.2) is 0 Å². The van der Waals surface area contributed by atoms with Gasteiger partial charge in [-0.3, -0.25) is 0 Å². The molecule has 2 aromatic rings. The first-order valence-corrected chi connectivity index (χ1v) is 7.11. The fourth-order valence-corrected chi connectivity index (χ4v) is 3.45. The van der Waals surface area contributed by atoms with Gasteiger partial charge in [0.25, 0.3) is 0 Å². The Bertz CT molecular complexity index is 549.